The zero-order chi connectivity index (χ0) is 22.8. The Morgan fingerprint density at radius 2 is 1.72 bits per heavy atom. The Hall–Kier alpha value is -3.30. The van der Waals surface area contributed by atoms with Gasteiger partial charge in [0.2, 0.25) is 5.91 Å². The highest BCUT2D eigenvalue weighted by molar-refractivity contribution is 7.99. The van der Waals surface area contributed by atoms with Crippen LogP contribution in [-0.4, -0.2) is 21.2 Å². The first kappa shape index (κ1) is 21.9. The highest BCUT2D eigenvalue weighted by Crippen LogP contribution is 2.24. The molecule has 0 saturated carbocycles. The molecule has 0 saturated heterocycles. The van der Waals surface area contributed by atoms with Crippen molar-refractivity contribution in [2.75, 3.05) is 11.1 Å². The predicted molar refractivity (Wildman–Crippen MR) is 118 cm³/mol. The molecule has 0 aliphatic rings. The zero-order valence-corrected chi connectivity index (χ0v) is 17.7. The predicted octanol–water partition coefficient (Wildman–Crippen LogP) is 5.19. The average molecular weight is 476 g/mol. The normalized spacial score (nSPS) is 11.0. The Bertz CT molecular complexity index is 1390. The van der Waals surface area contributed by atoms with Crippen molar-refractivity contribution >= 4 is 45.9 Å². The van der Waals surface area contributed by atoms with E-state index in [9.17, 15) is 22.8 Å². The van der Waals surface area contributed by atoms with Crippen LogP contribution in [0.4, 0.5) is 18.9 Å². The first-order valence-electron chi connectivity index (χ1n) is 9.19. The molecule has 0 radical (unpaired) electrons. The van der Waals surface area contributed by atoms with Gasteiger partial charge in [-0.1, -0.05) is 35.5 Å². The molecule has 4 rings (SSSR count). The number of thioether (sulfide) groups is 1. The van der Waals surface area contributed by atoms with Crippen LogP contribution in [0.2, 0.25) is 5.02 Å². The maximum Gasteiger partial charge on any atom is 0.266 e. The van der Waals surface area contributed by atoms with E-state index >= 15 is 0 Å². The van der Waals surface area contributed by atoms with Crippen LogP contribution in [0.3, 0.4) is 0 Å². The number of fused-ring (bicyclic) bond motifs is 1. The number of nitrogens with one attached hydrogen (secondary N) is 1. The molecule has 0 spiro atoms. The van der Waals surface area contributed by atoms with Crippen molar-refractivity contribution < 1.29 is 18.0 Å². The molecule has 0 aliphatic carbocycles. The SMILES string of the molecule is O=C(CSc1nc2ccccc2c(=O)n1-c1ccc(Cl)cc1)Nc1ccc(F)c(F)c1F. The average Bonchev–Trinajstić information content (AvgIpc) is 2.79. The quantitative estimate of drug-likeness (QED) is 0.245. The maximum absolute atomic E-state index is 13.8. The standard InChI is InChI=1S/C22H13ClF3N3O2S/c23-12-5-7-13(8-6-12)29-21(31)14-3-1-2-4-16(14)28-22(29)32-11-18(30)27-17-10-9-15(24)19(25)20(17)26/h1-10H,11H2,(H,27,30). The summed E-state index contributed by atoms with van der Waals surface area (Å²) in [5, 5.41) is 3.29. The number of aromatic nitrogens is 2. The molecule has 0 fully saturated rings. The van der Waals surface area contributed by atoms with Gasteiger partial charge in [0.05, 0.1) is 28.0 Å². The molecule has 5 nitrogen and oxygen atoms in total. The lowest BCUT2D eigenvalue weighted by Crippen LogP contribution is -2.23. The molecular weight excluding hydrogens is 463 g/mol. The number of rotatable bonds is 5. The third-order valence-electron chi connectivity index (χ3n) is 4.47. The summed E-state index contributed by atoms with van der Waals surface area (Å²) in [5.74, 6) is -5.49. The number of hydrogen-bond donors (Lipinski definition) is 1. The molecule has 4 aromatic rings. The fraction of sp³-hybridized carbons (Fsp3) is 0.0455. The molecule has 0 atom stereocenters. The van der Waals surface area contributed by atoms with Crippen molar-refractivity contribution in [3.05, 3.63) is 93.5 Å². The Balaban J connectivity index is 1.66. The van der Waals surface area contributed by atoms with Crippen molar-refractivity contribution in [1.82, 2.24) is 9.55 Å². The maximum atomic E-state index is 13.8. The summed E-state index contributed by atoms with van der Waals surface area (Å²) in [6.07, 6.45) is 0. The number of para-hydroxylation sites is 1. The Labute approximate surface area is 188 Å². The number of carbonyl (C=O) groups is 1. The van der Waals surface area contributed by atoms with Crippen LogP contribution >= 0.6 is 23.4 Å². The molecule has 3 aromatic carbocycles. The van der Waals surface area contributed by atoms with Crippen molar-refractivity contribution in [3.8, 4) is 5.69 Å². The van der Waals surface area contributed by atoms with Gasteiger partial charge >= 0.3 is 0 Å². The number of anilines is 1. The Morgan fingerprint density at radius 3 is 2.47 bits per heavy atom. The van der Waals surface area contributed by atoms with E-state index in [2.05, 4.69) is 10.3 Å². The molecular formula is C22H13ClF3N3O2S. The van der Waals surface area contributed by atoms with Gasteiger partial charge < -0.3 is 5.32 Å². The molecule has 162 valence electrons. The van der Waals surface area contributed by atoms with Crippen LogP contribution in [0.15, 0.2) is 70.6 Å². The summed E-state index contributed by atoms with van der Waals surface area (Å²) in [6, 6.07) is 14.9. The zero-order valence-electron chi connectivity index (χ0n) is 16.1. The van der Waals surface area contributed by atoms with E-state index in [-0.39, 0.29) is 16.5 Å². The van der Waals surface area contributed by atoms with Gasteiger partial charge in [0.1, 0.15) is 0 Å². The van der Waals surface area contributed by atoms with Crippen LogP contribution in [0.5, 0.6) is 0 Å². The summed E-state index contributed by atoms with van der Waals surface area (Å²) in [7, 11) is 0. The Morgan fingerprint density at radius 1 is 1.00 bits per heavy atom. The minimum atomic E-state index is -1.68. The third-order valence-corrected chi connectivity index (χ3v) is 5.66. The van der Waals surface area contributed by atoms with E-state index in [4.69, 9.17) is 11.6 Å². The van der Waals surface area contributed by atoms with E-state index in [1.165, 1.54) is 4.57 Å². The van der Waals surface area contributed by atoms with Crippen LogP contribution < -0.4 is 10.9 Å². The summed E-state index contributed by atoms with van der Waals surface area (Å²) < 4.78 is 41.6. The smallest absolute Gasteiger partial charge is 0.266 e. The molecule has 10 heteroatoms. The highest BCUT2D eigenvalue weighted by atomic mass is 35.5. The van der Waals surface area contributed by atoms with Gasteiger partial charge in [0.25, 0.3) is 5.56 Å². The van der Waals surface area contributed by atoms with Gasteiger partial charge in [0, 0.05) is 5.02 Å². The van der Waals surface area contributed by atoms with Gasteiger partial charge in [-0.15, -0.1) is 0 Å². The molecule has 32 heavy (non-hydrogen) atoms. The minimum absolute atomic E-state index is 0.219. The first-order chi connectivity index (χ1) is 15.3. The van der Waals surface area contributed by atoms with Gasteiger partial charge in [-0.2, -0.15) is 0 Å². The molecule has 0 bridgehead atoms. The fourth-order valence-electron chi connectivity index (χ4n) is 2.97. The largest absolute Gasteiger partial charge is 0.323 e. The topological polar surface area (TPSA) is 64.0 Å². The monoisotopic (exact) mass is 475 g/mol. The third kappa shape index (κ3) is 4.35. The summed E-state index contributed by atoms with van der Waals surface area (Å²) in [6.45, 7) is 0. The molecule has 1 aromatic heterocycles. The molecule has 1 heterocycles. The van der Waals surface area contributed by atoms with E-state index in [1.807, 2.05) is 0 Å². The summed E-state index contributed by atoms with van der Waals surface area (Å²) >= 11 is 6.88. The summed E-state index contributed by atoms with van der Waals surface area (Å²) in [4.78, 5) is 29.9. The number of hydrogen-bond acceptors (Lipinski definition) is 4. The minimum Gasteiger partial charge on any atom is -0.323 e. The van der Waals surface area contributed by atoms with Gasteiger partial charge in [-0.05, 0) is 48.5 Å². The number of carbonyl (C=O) groups excluding carboxylic acids is 1. The first-order valence-corrected chi connectivity index (χ1v) is 10.6. The van der Waals surface area contributed by atoms with Crippen molar-refractivity contribution in [3.63, 3.8) is 0 Å². The van der Waals surface area contributed by atoms with Crippen LogP contribution in [0.1, 0.15) is 0 Å². The second-order valence-corrected chi connectivity index (χ2v) is 7.97. The lowest BCUT2D eigenvalue weighted by Gasteiger charge is -2.13. The van der Waals surface area contributed by atoms with E-state index in [1.54, 1.807) is 48.5 Å². The van der Waals surface area contributed by atoms with Crippen LogP contribution in [0, 0.1) is 17.5 Å². The van der Waals surface area contributed by atoms with E-state index < -0.39 is 29.0 Å². The number of amides is 1. The molecule has 1 N–H and O–H groups in total. The molecule has 0 unspecified atom stereocenters. The number of benzene rings is 3. The number of halogens is 4. The van der Waals surface area contributed by atoms with Crippen LogP contribution in [0.25, 0.3) is 16.6 Å². The number of nitrogens with zero attached hydrogens (tertiary/aromatic N) is 2. The van der Waals surface area contributed by atoms with E-state index in [0.717, 1.165) is 17.8 Å². The van der Waals surface area contributed by atoms with Gasteiger partial charge in [0.15, 0.2) is 22.6 Å². The lowest BCUT2D eigenvalue weighted by molar-refractivity contribution is -0.113. The van der Waals surface area contributed by atoms with Crippen molar-refractivity contribution in [2.45, 2.75) is 5.16 Å². The van der Waals surface area contributed by atoms with Crippen LogP contribution in [-0.2, 0) is 4.79 Å². The molecule has 0 aliphatic heterocycles. The molecule has 1 amide bonds. The summed E-state index contributed by atoms with van der Waals surface area (Å²) in [5.41, 5.74) is 0.105. The van der Waals surface area contributed by atoms with Crippen molar-refractivity contribution in [2.24, 2.45) is 0 Å². The van der Waals surface area contributed by atoms with Crippen molar-refractivity contribution in [1.29, 1.82) is 0 Å². The van der Waals surface area contributed by atoms with E-state index in [0.29, 0.717) is 27.7 Å². The Kier molecular flexibility index (Phi) is 6.20. The van der Waals surface area contributed by atoms with Gasteiger partial charge in [-0.3, -0.25) is 14.2 Å². The van der Waals surface area contributed by atoms with Gasteiger partial charge in [-0.25, -0.2) is 18.2 Å². The highest BCUT2D eigenvalue weighted by Gasteiger charge is 2.18. The second-order valence-electron chi connectivity index (χ2n) is 6.59. The second kappa shape index (κ2) is 9.05. The fourth-order valence-corrected chi connectivity index (χ4v) is 3.90. The lowest BCUT2D eigenvalue weighted by atomic mass is 10.2.